The summed E-state index contributed by atoms with van der Waals surface area (Å²) < 4.78 is 0. The molecule has 0 radical (unpaired) electrons. The molecule has 4 nitrogen and oxygen atoms in total. The zero-order valence-electron chi connectivity index (χ0n) is 14.4. The minimum atomic E-state index is -0.741. The van der Waals surface area contributed by atoms with Crippen LogP contribution in [0.15, 0.2) is 66.7 Å². The maximum atomic E-state index is 12.5. The van der Waals surface area contributed by atoms with Crippen LogP contribution in [0.5, 0.6) is 0 Å². The number of fused-ring (bicyclic) bond motifs is 1. The van der Waals surface area contributed by atoms with Gasteiger partial charge in [0, 0.05) is 31.9 Å². The number of nitrogens with one attached hydrogen (secondary N) is 1. The summed E-state index contributed by atoms with van der Waals surface area (Å²) in [7, 11) is 3.94. The zero-order valence-corrected chi connectivity index (χ0v) is 14.4. The molecule has 25 heavy (non-hydrogen) atoms. The number of amides is 1. The molecule has 0 aliphatic heterocycles. The highest BCUT2D eigenvalue weighted by Crippen LogP contribution is 2.20. The molecular formula is C21H22N2O2. The fraction of sp³-hybridized carbons (Fsp3) is 0.190. The number of rotatable bonds is 5. The molecule has 0 saturated heterocycles. The van der Waals surface area contributed by atoms with Crippen LogP contribution in [0.2, 0.25) is 0 Å². The zero-order chi connectivity index (χ0) is 17.8. The van der Waals surface area contributed by atoms with E-state index < -0.39 is 6.10 Å². The van der Waals surface area contributed by atoms with E-state index in [1.807, 2.05) is 79.7 Å². The Kier molecular flexibility index (Phi) is 5.00. The van der Waals surface area contributed by atoms with Crippen LogP contribution in [0, 0.1) is 0 Å². The number of hydrogen-bond acceptors (Lipinski definition) is 3. The molecule has 3 aromatic carbocycles. The molecule has 0 aromatic heterocycles. The van der Waals surface area contributed by atoms with Crippen molar-refractivity contribution in [3.8, 4) is 0 Å². The summed E-state index contributed by atoms with van der Waals surface area (Å²) in [6.07, 6.45) is -0.741. The average molecular weight is 334 g/mol. The Balaban J connectivity index is 1.69. The second-order valence-corrected chi connectivity index (χ2v) is 6.24. The number of anilines is 1. The number of carbonyl (C=O) groups is 1. The van der Waals surface area contributed by atoms with Gasteiger partial charge < -0.3 is 15.3 Å². The minimum Gasteiger partial charge on any atom is -0.387 e. The van der Waals surface area contributed by atoms with Crippen molar-refractivity contribution >= 4 is 22.4 Å². The van der Waals surface area contributed by atoms with E-state index in [9.17, 15) is 9.90 Å². The molecule has 1 atom stereocenters. The molecule has 0 unspecified atom stereocenters. The summed E-state index contributed by atoms with van der Waals surface area (Å²) in [4.78, 5) is 14.5. The first-order valence-electron chi connectivity index (χ1n) is 8.27. The highest BCUT2D eigenvalue weighted by molar-refractivity contribution is 6.07. The number of aliphatic hydroxyl groups excluding tert-OH is 1. The lowest BCUT2D eigenvalue weighted by molar-refractivity contribution is 0.0918. The summed E-state index contributed by atoms with van der Waals surface area (Å²) in [5, 5.41) is 15.1. The first kappa shape index (κ1) is 17.0. The van der Waals surface area contributed by atoms with Gasteiger partial charge in [0.15, 0.2) is 0 Å². The molecule has 128 valence electrons. The van der Waals surface area contributed by atoms with Gasteiger partial charge >= 0.3 is 0 Å². The van der Waals surface area contributed by atoms with Crippen molar-refractivity contribution in [2.24, 2.45) is 0 Å². The second kappa shape index (κ2) is 7.36. The van der Waals surface area contributed by atoms with Crippen LogP contribution >= 0.6 is 0 Å². The van der Waals surface area contributed by atoms with Crippen LogP contribution < -0.4 is 10.2 Å². The monoisotopic (exact) mass is 334 g/mol. The largest absolute Gasteiger partial charge is 0.387 e. The molecule has 2 N–H and O–H groups in total. The van der Waals surface area contributed by atoms with E-state index in [0.29, 0.717) is 5.56 Å². The molecule has 0 heterocycles. The third-order valence-electron chi connectivity index (χ3n) is 4.28. The first-order valence-corrected chi connectivity index (χ1v) is 8.27. The van der Waals surface area contributed by atoms with Gasteiger partial charge in [0.1, 0.15) is 0 Å². The smallest absolute Gasteiger partial charge is 0.252 e. The molecule has 1 amide bonds. The molecule has 3 rings (SSSR count). The normalized spacial score (nSPS) is 12.0. The summed E-state index contributed by atoms with van der Waals surface area (Å²) in [6.45, 7) is 0.170. The summed E-state index contributed by atoms with van der Waals surface area (Å²) in [6, 6.07) is 21.1. The number of nitrogens with zero attached hydrogens (tertiary/aromatic N) is 1. The third-order valence-corrected chi connectivity index (χ3v) is 4.28. The molecule has 4 heteroatoms. The third kappa shape index (κ3) is 3.80. The van der Waals surface area contributed by atoms with E-state index in [4.69, 9.17) is 0 Å². The molecule has 0 aliphatic carbocycles. The molecule has 0 spiro atoms. The van der Waals surface area contributed by atoms with E-state index >= 15 is 0 Å². The van der Waals surface area contributed by atoms with Gasteiger partial charge in [-0.1, -0.05) is 48.5 Å². The van der Waals surface area contributed by atoms with E-state index in [1.54, 1.807) is 6.07 Å². The van der Waals surface area contributed by atoms with Gasteiger partial charge in [0.25, 0.3) is 5.91 Å². The van der Waals surface area contributed by atoms with E-state index in [1.165, 1.54) is 0 Å². The molecule has 3 aromatic rings. The number of benzene rings is 3. The van der Waals surface area contributed by atoms with Crippen molar-refractivity contribution in [3.05, 3.63) is 77.9 Å². The van der Waals surface area contributed by atoms with Crippen LogP contribution in [0.4, 0.5) is 5.69 Å². The van der Waals surface area contributed by atoms with Gasteiger partial charge in [-0.25, -0.2) is 0 Å². The van der Waals surface area contributed by atoms with Crippen molar-refractivity contribution in [3.63, 3.8) is 0 Å². The second-order valence-electron chi connectivity index (χ2n) is 6.24. The average Bonchev–Trinajstić information content (AvgIpc) is 2.65. The number of carbonyl (C=O) groups excluding carboxylic acids is 1. The van der Waals surface area contributed by atoms with Crippen LogP contribution in [-0.4, -0.2) is 31.7 Å². The Morgan fingerprint density at radius 1 is 1.00 bits per heavy atom. The lowest BCUT2D eigenvalue weighted by Crippen LogP contribution is -2.28. The van der Waals surface area contributed by atoms with Crippen molar-refractivity contribution in [2.75, 3.05) is 25.5 Å². The SMILES string of the molecule is CN(C)c1ccc([C@H](O)CNC(=O)c2cccc3ccccc23)cc1. The maximum absolute atomic E-state index is 12.5. The Hall–Kier alpha value is -2.85. The summed E-state index contributed by atoms with van der Waals surface area (Å²) in [5.41, 5.74) is 2.47. The lowest BCUT2D eigenvalue weighted by atomic mass is 10.0. The lowest BCUT2D eigenvalue weighted by Gasteiger charge is -2.16. The van der Waals surface area contributed by atoms with Crippen LogP contribution in [0.1, 0.15) is 22.0 Å². The van der Waals surface area contributed by atoms with Gasteiger partial charge in [0.2, 0.25) is 0 Å². The number of hydrogen-bond donors (Lipinski definition) is 2. The topological polar surface area (TPSA) is 52.6 Å². The van der Waals surface area contributed by atoms with Crippen LogP contribution in [-0.2, 0) is 0 Å². The predicted octanol–water partition coefficient (Wildman–Crippen LogP) is 3.37. The molecule has 0 aliphatic rings. The fourth-order valence-electron chi connectivity index (χ4n) is 2.82. The van der Waals surface area contributed by atoms with Gasteiger partial charge in [0.05, 0.1) is 6.10 Å². The van der Waals surface area contributed by atoms with Gasteiger partial charge in [-0.15, -0.1) is 0 Å². The Labute approximate surface area is 147 Å². The van der Waals surface area contributed by atoms with E-state index in [-0.39, 0.29) is 12.5 Å². The molecule has 0 fully saturated rings. The predicted molar refractivity (Wildman–Crippen MR) is 102 cm³/mol. The van der Waals surface area contributed by atoms with Gasteiger partial charge in [-0.2, -0.15) is 0 Å². The Morgan fingerprint density at radius 2 is 1.68 bits per heavy atom. The molecular weight excluding hydrogens is 312 g/mol. The minimum absolute atomic E-state index is 0.170. The molecule has 0 saturated carbocycles. The van der Waals surface area contributed by atoms with Crippen LogP contribution in [0.25, 0.3) is 10.8 Å². The van der Waals surface area contributed by atoms with Crippen LogP contribution in [0.3, 0.4) is 0 Å². The molecule has 0 bridgehead atoms. The summed E-state index contributed by atoms with van der Waals surface area (Å²) >= 11 is 0. The Bertz CT molecular complexity index is 867. The van der Waals surface area contributed by atoms with Crippen molar-refractivity contribution < 1.29 is 9.90 Å². The van der Waals surface area contributed by atoms with Crippen molar-refractivity contribution in [2.45, 2.75) is 6.10 Å². The van der Waals surface area contributed by atoms with Crippen molar-refractivity contribution in [1.82, 2.24) is 5.32 Å². The first-order chi connectivity index (χ1) is 12.1. The highest BCUT2D eigenvalue weighted by atomic mass is 16.3. The maximum Gasteiger partial charge on any atom is 0.252 e. The van der Waals surface area contributed by atoms with E-state index in [0.717, 1.165) is 22.0 Å². The quantitative estimate of drug-likeness (QED) is 0.752. The number of aliphatic hydroxyl groups is 1. The fourth-order valence-corrected chi connectivity index (χ4v) is 2.82. The highest BCUT2D eigenvalue weighted by Gasteiger charge is 2.13. The van der Waals surface area contributed by atoms with E-state index in [2.05, 4.69) is 5.32 Å². The van der Waals surface area contributed by atoms with Gasteiger partial charge in [-0.3, -0.25) is 4.79 Å². The standard InChI is InChI=1S/C21H22N2O2/c1-23(2)17-12-10-16(11-13-17)20(24)14-22-21(25)19-9-5-7-15-6-3-4-8-18(15)19/h3-13,20,24H,14H2,1-2H3,(H,22,25)/t20-/m1/s1. The van der Waals surface area contributed by atoms with Crippen molar-refractivity contribution in [1.29, 1.82) is 0 Å². The summed E-state index contributed by atoms with van der Waals surface area (Å²) in [5.74, 6) is -0.180. The Morgan fingerprint density at radius 3 is 2.40 bits per heavy atom. The van der Waals surface area contributed by atoms with Gasteiger partial charge in [-0.05, 0) is 34.5 Å².